The standard InChI is InChI=1S/C13H15BrClNS2/c1-3-5-16-11(12-9(14)4-6-17-12)10-7-8(2)13(15)18-10/h4,6-7,11,16H,3,5H2,1-2H3. The van der Waals surface area contributed by atoms with Gasteiger partial charge in [-0.25, -0.2) is 0 Å². The van der Waals surface area contributed by atoms with Crippen molar-refractivity contribution in [3.63, 3.8) is 0 Å². The average molecular weight is 365 g/mol. The lowest BCUT2D eigenvalue weighted by Gasteiger charge is -2.16. The van der Waals surface area contributed by atoms with Gasteiger partial charge < -0.3 is 5.32 Å². The SMILES string of the molecule is CCCNC(c1cc(C)c(Cl)s1)c1sccc1Br. The number of hydrogen-bond acceptors (Lipinski definition) is 3. The van der Waals surface area contributed by atoms with E-state index in [2.05, 4.69) is 52.6 Å². The second kappa shape index (κ2) is 6.53. The van der Waals surface area contributed by atoms with Crippen LogP contribution in [0.1, 0.15) is 34.7 Å². The lowest BCUT2D eigenvalue weighted by Crippen LogP contribution is -2.21. The first-order valence-corrected chi connectivity index (χ1v) is 8.72. The van der Waals surface area contributed by atoms with E-state index in [0.717, 1.165) is 22.9 Å². The van der Waals surface area contributed by atoms with E-state index in [-0.39, 0.29) is 6.04 Å². The molecule has 1 N–H and O–H groups in total. The number of hydrogen-bond donors (Lipinski definition) is 1. The normalized spacial score (nSPS) is 12.9. The molecule has 5 heteroatoms. The molecule has 0 bridgehead atoms. The van der Waals surface area contributed by atoms with Gasteiger partial charge in [0.05, 0.1) is 10.4 Å². The van der Waals surface area contributed by atoms with Crippen LogP contribution < -0.4 is 5.32 Å². The maximum absolute atomic E-state index is 6.19. The molecule has 98 valence electrons. The Labute approximate surface area is 129 Å². The third-order valence-electron chi connectivity index (χ3n) is 2.67. The van der Waals surface area contributed by atoms with E-state index in [1.54, 1.807) is 22.7 Å². The van der Waals surface area contributed by atoms with Gasteiger partial charge in [-0.15, -0.1) is 22.7 Å². The Kier molecular flexibility index (Phi) is 5.27. The van der Waals surface area contributed by atoms with Crippen LogP contribution in [0.4, 0.5) is 0 Å². The fourth-order valence-corrected chi connectivity index (χ4v) is 4.82. The Bertz CT molecular complexity index is 501. The van der Waals surface area contributed by atoms with E-state index in [9.17, 15) is 0 Å². The Hall–Kier alpha value is 0.130. The molecule has 0 saturated carbocycles. The minimum absolute atomic E-state index is 0.246. The van der Waals surface area contributed by atoms with Gasteiger partial charge in [-0.3, -0.25) is 0 Å². The van der Waals surface area contributed by atoms with E-state index >= 15 is 0 Å². The van der Waals surface area contributed by atoms with Crippen molar-refractivity contribution < 1.29 is 0 Å². The van der Waals surface area contributed by atoms with E-state index in [4.69, 9.17) is 11.6 Å². The zero-order valence-electron chi connectivity index (χ0n) is 10.3. The van der Waals surface area contributed by atoms with Crippen LogP contribution in [-0.2, 0) is 0 Å². The van der Waals surface area contributed by atoms with Crippen molar-refractivity contribution in [2.24, 2.45) is 0 Å². The molecule has 0 aliphatic rings. The average Bonchev–Trinajstić information content (AvgIpc) is 2.88. The largest absolute Gasteiger partial charge is 0.305 e. The summed E-state index contributed by atoms with van der Waals surface area (Å²) >= 11 is 13.3. The first kappa shape index (κ1) is 14.5. The molecule has 0 spiro atoms. The van der Waals surface area contributed by atoms with Crippen molar-refractivity contribution in [2.75, 3.05) is 6.54 Å². The third-order valence-corrected chi connectivity index (χ3v) is 6.22. The highest BCUT2D eigenvalue weighted by Crippen LogP contribution is 2.38. The van der Waals surface area contributed by atoms with Crippen LogP contribution in [0.2, 0.25) is 4.34 Å². The Morgan fingerprint density at radius 3 is 2.78 bits per heavy atom. The molecular weight excluding hydrogens is 350 g/mol. The molecule has 0 radical (unpaired) electrons. The van der Waals surface area contributed by atoms with Crippen molar-refractivity contribution in [1.29, 1.82) is 0 Å². The predicted octanol–water partition coefficient (Wildman–Crippen LogP) is 5.62. The lowest BCUT2D eigenvalue weighted by atomic mass is 10.2. The van der Waals surface area contributed by atoms with Gasteiger partial charge in [0.1, 0.15) is 0 Å². The summed E-state index contributed by atoms with van der Waals surface area (Å²) in [5.41, 5.74) is 1.16. The number of rotatable bonds is 5. The topological polar surface area (TPSA) is 12.0 Å². The molecule has 2 aromatic rings. The predicted molar refractivity (Wildman–Crippen MR) is 86.2 cm³/mol. The van der Waals surface area contributed by atoms with Crippen molar-refractivity contribution in [3.05, 3.63) is 41.6 Å². The van der Waals surface area contributed by atoms with Crippen LogP contribution in [0.3, 0.4) is 0 Å². The molecule has 0 aliphatic carbocycles. The molecule has 0 aromatic carbocycles. The van der Waals surface area contributed by atoms with Crippen LogP contribution in [0, 0.1) is 6.92 Å². The lowest BCUT2D eigenvalue weighted by molar-refractivity contribution is 0.611. The van der Waals surface area contributed by atoms with Crippen molar-refractivity contribution >= 4 is 50.2 Å². The molecule has 0 saturated heterocycles. The second-order valence-electron chi connectivity index (χ2n) is 4.13. The summed E-state index contributed by atoms with van der Waals surface area (Å²) in [6.45, 7) is 5.24. The summed E-state index contributed by atoms with van der Waals surface area (Å²) in [6.07, 6.45) is 1.12. The van der Waals surface area contributed by atoms with Gasteiger partial charge in [0.15, 0.2) is 0 Å². The van der Waals surface area contributed by atoms with Crippen LogP contribution >= 0.6 is 50.2 Å². The summed E-state index contributed by atoms with van der Waals surface area (Å²) < 4.78 is 2.06. The van der Waals surface area contributed by atoms with Crippen LogP contribution in [0.5, 0.6) is 0 Å². The van der Waals surface area contributed by atoms with Gasteiger partial charge in [-0.05, 0) is 58.9 Å². The van der Waals surface area contributed by atoms with Gasteiger partial charge in [0.2, 0.25) is 0 Å². The highest BCUT2D eigenvalue weighted by Gasteiger charge is 2.20. The first-order valence-electron chi connectivity index (χ1n) is 5.85. The molecule has 0 amide bonds. The van der Waals surface area contributed by atoms with Gasteiger partial charge in [-0.2, -0.15) is 0 Å². The maximum Gasteiger partial charge on any atom is 0.0961 e. The van der Waals surface area contributed by atoms with Crippen LogP contribution in [0.15, 0.2) is 22.0 Å². The molecule has 1 atom stereocenters. The fraction of sp³-hybridized carbons (Fsp3) is 0.385. The Balaban J connectivity index is 2.33. The van der Waals surface area contributed by atoms with Crippen molar-refractivity contribution in [1.82, 2.24) is 5.32 Å². The zero-order valence-corrected chi connectivity index (χ0v) is 14.3. The summed E-state index contributed by atoms with van der Waals surface area (Å²) in [5, 5.41) is 5.71. The molecule has 0 fully saturated rings. The molecular formula is C13H15BrClNS2. The Morgan fingerprint density at radius 2 is 2.28 bits per heavy atom. The number of aryl methyl sites for hydroxylation is 1. The van der Waals surface area contributed by atoms with E-state index < -0.39 is 0 Å². The summed E-state index contributed by atoms with van der Waals surface area (Å²) in [7, 11) is 0. The quantitative estimate of drug-likeness (QED) is 0.725. The molecule has 2 rings (SSSR count). The highest BCUT2D eigenvalue weighted by atomic mass is 79.9. The minimum Gasteiger partial charge on any atom is -0.305 e. The third kappa shape index (κ3) is 3.17. The molecule has 1 unspecified atom stereocenters. The molecule has 1 nitrogen and oxygen atoms in total. The zero-order chi connectivity index (χ0) is 13.1. The number of thiophene rings is 2. The molecule has 2 heterocycles. The van der Waals surface area contributed by atoms with Gasteiger partial charge in [0, 0.05) is 14.2 Å². The minimum atomic E-state index is 0.246. The molecule has 0 aliphatic heterocycles. The van der Waals surface area contributed by atoms with Crippen molar-refractivity contribution in [3.8, 4) is 0 Å². The smallest absolute Gasteiger partial charge is 0.0961 e. The number of halogens is 2. The highest BCUT2D eigenvalue weighted by molar-refractivity contribution is 9.10. The summed E-state index contributed by atoms with van der Waals surface area (Å²) in [6, 6.07) is 4.53. The van der Waals surface area contributed by atoms with Gasteiger partial charge >= 0.3 is 0 Å². The first-order chi connectivity index (χ1) is 8.63. The number of nitrogens with one attached hydrogen (secondary N) is 1. The van der Waals surface area contributed by atoms with E-state index in [1.165, 1.54) is 14.2 Å². The Morgan fingerprint density at radius 1 is 1.50 bits per heavy atom. The van der Waals surface area contributed by atoms with Crippen LogP contribution in [0.25, 0.3) is 0 Å². The van der Waals surface area contributed by atoms with E-state index in [1.807, 2.05) is 0 Å². The molecule has 18 heavy (non-hydrogen) atoms. The van der Waals surface area contributed by atoms with Gasteiger partial charge in [-0.1, -0.05) is 18.5 Å². The monoisotopic (exact) mass is 363 g/mol. The molecule has 2 aromatic heterocycles. The van der Waals surface area contributed by atoms with Crippen LogP contribution in [-0.4, -0.2) is 6.54 Å². The van der Waals surface area contributed by atoms with Gasteiger partial charge in [0.25, 0.3) is 0 Å². The maximum atomic E-state index is 6.19. The summed E-state index contributed by atoms with van der Waals surface area (Å²) in [4.78, 5) is 2.61. The summed E-state index contributed by atoms with van der Waals surface area (Å²) in [5.74, 6) is 0. The fourth-order valence-electron chi connectivity index (χ4n) is 1.75. The second-order valence-corrected chi connectivity index (χ2v) is 7.61. The van der Waals surface area contributed by atoms with E-state index in [0.29, 0.717) is 0 Å². The van der Waals surface area contributed by atoms with Crippen molar-refractivity contribution in [2.45, 2.75) is 26.3 Å².